The van der Waals surface area contributed by atoms with E-state index in [0.717, 1.165) is 6.61 Å². The largest absolute Gasteiger partial charge is 0.375 e. The van der Waals surface area contributed by atoms with Crippen molar-refractivity contribution in [3.05, 3.63) is 0 Å². The molecule has 1 heterocycles. The SMILES string of the molecule is CCCC1OCC(CC)NC1CC. The van der Waals surface area contributed by atoms with Crippen LogP contribution in [-0.4, -0.2) is 24.8 Å². The van der Waals surface area contributed by atoms with Crippen molar-refractivity contribution in [2.75, 3.05) is 6.61 Å². The van der Waals surface area contributed by atoms with Crippen molar-refractivity contribution in [3.63, 3.8) is 0 Å². The van der Waals surface area contributed by atoms with Gasteiger partial charge in [0.15, 0.2) is 0 Å². The van der Waals surface area contributed by atoms with Crippen LogP contribution in [0.15, 0.2) is 0 Å². The number of ether oxygens (including phenoxy) is 1. The van der Waals surface area contributed by atoms with Crippen LogP contribution in [0, 0.1) is 0 Å². The van der Waals surface area contributed by atoms with Gasteiger partial charge < -0.3 is 10.1 Å². The third kappa shape index (κ3) is 2.96. The lowest BCUT2D eigenvalue weighted by molar-refractivity contribution is -0.0334. The van der Waals surface area contributed by atoms with Gasteiger partial charge in [-0.1, -0.05) is 27.2 Å². The van der Waals surface area contributed by atoms with Gasteiger partial charge in [0.1, 0.15) is 0 Å². The van der Waals surface area contributed by atoms with E-state index in [9.17, 15) is 0 Å². The van der Waals surface area contributed by atoms with Crippen LogP contribution >= 0.6 is 0 Å². The average Bonchev–Trinajstić information content (AvgIpc) is 2.19. The van der Waals surface area contributed by atoms with Crippen molar-refractivity contribution in [2.45, 2.75) is 64.6 Å². The molecule has 1 fully saturated rings. The van der Waals surface area contributed by atoms with Crippen LogP contribution in [0.4, 0.5) is 0 Å². The molecule has 0 radical (unpaired) electrons. The van der Waals surface area contributed by atoms with Gasteiger partial charge in [0.25, 0.3) is 0 Å². The third-order valence-corrected chi connectivity index (χ3v) is 2.92. The quantitative estimate of drug-likeness (QED) is 0.726. The van der Waals surface area contributed by atoms with Crippen molar-refractivity contribution in [1.29, 1.82) is 0 Å². The van der Waals surface area contributed by atoms with Crippen molar-refractivity contribution < 1.29 is 4.74 Å². The molecule has 1 rings (SSSR count). The van der Waals surface area contributed by atoms with Crippen LogP contribution in [0.25, 0.3) is 0 Å². The molecule has 13 heavy (non-hydrogen) atoms. The predicted octanol–water partition coefficient (Wildman–Crippen LogP) is 2.33. The molecule has 3 atom stereocenters. The van der Waals surface area contributed by atoms with Gasteiger partial charge >= 0.3 is 0 Å². The van der Waals surface area contributed by atoms with Crippen molar-refractivity contribution in [1.82, 2.24) is 5.32 Å². The van der Waals surface area contributed by atoms with Crippen LogP contribution in [0.2, 0.25) is 0 Å². The summed E-state index contributed by atoms with van der Waals surface area (Å²) >= 11 is 0. The summed E-state index contributed by atoms with van der Waals surface area (Å²) < 4.78 is 5.86. The minimum Gasteiger partial charge on any atom is -0.375 e. The molecule has 2 nitrogen and oxygen atoms in total. The summed E-state index contributed by atoms with van der Waals surface area (Å²) in [5, 5.41) is 3.66. The Bertz CT molecular complexity index is 138. The summed E-state index contributed by atoms with van der Waals surface area (Å²) in [4.78, 5) is 0. The zero-order valence-electron chi connectivity index (χ0n) is 9.18. The summed E-state index contributed by atoms with van der Waals surface area (Å²) in [5.41, 5.74) is 0. The lowest BCUT2D eigenvalue weighted by Gasteiger charge is -2.37. The molecule has 78 valence electrons. The first kappa shape index (κ1) is 11.0. The molecule has 1 N–H and O–H groups in total. The Balaban J connectivity index is 2.40. The first-order valence-corrected chi connectivity index (χ1v) is 5.69. The Morgan fingerprint density at radius 1 is 1.23 bits per heavy atom. The van der Waals surface area contributed by atoms with Gasteiger partial charge in [-0.05, 0) is 19.3 Å². The summed E-state index contributed by atoms with van der Waals surface area (Å²) in [6.07, 6.45) is 5.23. The topological polar surface area (TPSA) is 21.3 Å². The lowest BCUT2D eigenvalue weighted by atomic mass is 10.00. The number of morpholine rings is 1. The number of nitrogens with one attached hydrogen (secondary N) is 1. The van der Waals surface area contributed by atoms with Gasteiger partial charge in [-0.25, -0.2) is 0 Å². The standard InChI is InChI=1S/C11H23NO/c1-4-7-11-10(6-3)12-9(5-2)8-13-11/h9-12H,4-8H2,1-3H3. The fraction of sp³-hybridized carbons (Fsp3) is 1.00. The Kier molecular flexibility index (Phi) is 4.74. The fourth-order valence-corrected chi connectivity index (χ4v) is 2.00. The molecule has 0 aromatic heterocycles. The summed E-state index contributed by atoms with van der Waals surface area (Å²) in [6.45, 7) is 7.58. The van der Waals surface area contributed by atoms with Crippen molar-refractivity contribution in [2.24, 2.45) is 0 Å². The predicted molar refractivity (Wildman–Crippen MR) is 55.9 cm³/mol. The zero-order valence-corrected chi connectivity index (χ0v) is 9.18. The smallest absolute Gasteiger partial charge is 0.0728 e. The van der Waals surface area contributed by atoms with E-state index in [-0.39, 0.29) is 0 Å². The lowest BCUT2D eigenvalue weighted by Crippen LogP contribution is -2.53. The minimum absolute atomic E-state index is 0.456. The first-order chi connectivity index (χ1) is 6.31. The molecular formula is C11H23NO. The van der Waals surface area contributed by atoms with E-state index in [1.165, 1.54) is 25.7 Å². The maximum atomic E-state index is 5.86. The molecule has 2 heteroatoms. The molecule has 0 spiro atoms. The van der Waals surface area contributed by atoms with Gasteiger partial charge in [0.2, 0.25) is 0 Å². The monoisotopic (exact) mass is 185 g/mol. The normalized spacial score (nSPS) is 34.8. The third-order valence-electron chi connectivity index (χ3n) is 2.92. The van der Waals surface area contributed by atoms with E-state index in [4.69, 9.17) is 4.74 Å². The number of rotatable bonds is 4. The van der Waals surface area contributed by atoms with Crippen molar-refractivity contribution in [3.8, 4) is 0 Å². The first-order valence-electron chi connectivity index (χ1n) is 5.69. The highest BCUT2D eigenvalue weighted by atomic mass is 16.5. The van der Waals surface area contributed by atoms with Crippen LogP contribution < -0.4 is 5.32 Å². The van der Waals surface area contributed by atoms with E-state index in [2.05, 4.69) is 26.1 Å². The van der Waals surface area contributed by atoms with E-state index in [0.29, 0.717) is 18.2 Å². The highest BCUT2D eigenvalue weighted by Crippen LogP contribution is 2.16. The Morgan fingerprint density at radius 3 is 2.54 bits per heavy atom. The summed E-state index contributed by atoms with van der Waals surface area (Å²) in [5.74, 6) is 0. The van der Waals surface area contributed by atoms with E-state index < -0.39 is 0 Å². The maximum Gasteiger partial charge on any atom is 0.0728 e. The van der Waals surface area contributed by atoms with Crippen molar-refractivity contribution >= 4 is 0 Å². The van der Waals surface area contributed by atoms with Gasteiger partial charge in [0.05, 0.1) is 12.7 Å². The van der Waals surface area contributed by atoms with E-state index in [1.807, 2.05) is 0 Å². The van der Waals surface area contributed by atoms with Crippen LogP contribution in [0.5, 0.6) is 0 Å². The molecule has 1 aliphatic heterocycles. The van der Waals surface area contributed by atoms with Gasteiger partial charge in [0, 0.05) is 12.1 Å². The van der Waals surface area contributed by atoms with E-state index in [1.54, 1.807) is 0 Å². The molecule has 0 saturated carbocycles. The minimum atomic E-state index is 0.456. The molecule has 1 aliphatic rings. The zero-order chi connectivity index (χ0) is 9.68. The Morgan fingerprint density at radius 2 is 2.00 bits per heavy atom. The fourth-order valence-electron chi connectivity index (χ4n) is 2.00. The summed E-state index contributed by atoms with van der Waals surface area (Å²) in [6, 6.07) is 1.16. The number of hydrogen-bond acceptors (Lipinski definition) is 2. The second-order valence-corrected chi connectivity index (χ2v) is 3.95. The average molecular weight is 185 g/mol. The van der Waals surface area contributed by atoms with E-state index >= 15 is 0 Å². The van der Waals surface area contributed by atoms with Crippen LogP contribution in [0.1, 0.15) is 46.5 Å². The molecular weight excluding hydrogens is 162 g/mol. The maximum absolute atomic E-state index is 5.86. The molecule has 0 aromatic carbocycles. The Hall–Kier alpha value is -0.0800. The second-order valence-electron chi connectivity index (χ2n) is 3.95. The molecule has 1 saturated heterocycles. The second kappa shape index (κ2) is 5.61. The van der Waals surface area contributed by atoms with Crippen LogP contribution in [0.3, 0.4) is 0 Å². The molecule has 0 aliphatic carbocycles. The molecule has 0 amide bonds. The summed E-state index contributed by atoms with van der Waals surface area (Å²) in [7, 11) is 0. The van der Waals surface area contributed by atoms with Gasteiger partial charge in [-0.2, -0.15) is 0 Å². The van der Waals surface area contributed by atoms with Crippen LogP contribution in [-0.2, 0) is 4.74 Å². The molecule has 0 aromatic rings. The number of hydrogen-bond donors (Lipinski definition) is 1. The Labute approximate surface area is 82.0 Å². The molecule has 0 bridgehead atoms. The molecule has 3 unspecified atom stereocenters. The highest BCUT2D eigenvalue weighted by molar-refractivity contribution is 4.84. The highest BCUT2D eigenvalue weighted by Gasteiger charge is 2.27. The van der Waals surface area contributed by atoms with Gasteiger partial charge in [-0.3, -0.25) is 0 Å². The van der Waals surface area contributed by atoms with Gasteiger partial charge in [-0.15, -0.1) is 0 Å².